The van der Waals surface area contributed by atoms with E-state index in [1.807, 2.05) is 0 Å². The smallest absolute Gasteiger partial charge is 0.282 e. The molecule has 98 valence electrons. The number of nitrogens with zero attached hydrogens (tertiary/aromatic N) is 1. The summed E-state index contributed by atoms with van der Waals surface area (Å²) in [7, 11) is -3.89. The molecule has 0 aliphatic rings. The Balaban J connectivity index is 3.33. The molecule has 4 nitrogen and oxygen atoms in total. The molecule has 0 spiro atoms. The summed E-state index contributed by atoms with van der Waals surface area (Å²) in [6, 6.07) is 4.15. The van der Waals surface area contributed by atoms with Gasteiger partial charge in [-0.25, -0.2) is 8.42 Å². The van der Waals surface area contributed by atoms with Crippen LogP contribution < -0.4 is 4.72 Å². The number of rotatable bonds is 3. The van der Waals surface area contributed by atoms with E-state index in [0.29, 0.717) is 6.07 Å². The van der Waals surface area contributed by atoms with E-state index < -0.39 is 32.1 Å². The third-order valence-corrected chi connectivity index (χ3v) is 4.49. The summed E-state index contributed by atoms with van der Waals surface area (Å²) in [5, 5.41) is 8.53. The first-order chi connectivity index (χ1) is 8.19. The maximum Gasteiger partial charge on any atom is 0.418 e. The lowest BCUT2D eigenvalue weighted by molar-refractivity contribution is -0.136. The number of nitrogens with one attached hydrogen (secondary N) is 1. The largest absolute Gasteiger partial charge is 0.418 e. The molecule has 0 atom stereocenters. The second-order valence-corrected chi connectivity index (χ2v) is 6.22. The fraction of sp³-hybridized carbons (Fsp3) is 0.222. The molecule has 0 bridgehead atoms. The van der Waals surface area contributed by atoms with Gasteiger partial charge in [0, 0.05) is 0 Å². The average molecular weight is 343 g/mol. The maximum absolute atomic E-state index is 12.7. The minimum Gasteiger partial charge on any atom is -0.282 e. The minimum absolute atomic E-state index is 0.205. The van der Waals surface area contributed by atoms with Gasteiger partial charge in [0.1, 0.15) is 4.66 Å². The van der Waals surface area contributed by atoms with Crippen LogP contribution in [0.15, 0.2) is 18.2 Å². The Bertz CT molecular complexity index is 593. The Morgan fingerprint density at radius 3 is 2.44 bits per heavy atom. The van der Waals surface area contributed by atoms with Crippen LogP contribution in [0.25, 0.3) is 0 Å². The summed E-state index contributed by atoms with van der Waals surface area (Å²) in [5.74, 6) is 0. The Hall–Kier alpha value is -1.27. The van der Waals surface area contributed by atoms with E-state index in [1.165, 1.54) is 0 Å². The van der Waals surface area contributed by atoms with Gasteiger partial charge in [0.05, 0.1) is 22.9 Å². The van der Waals surface area contributed by atoms with Gasteiger partial charge in [0.25, 0.3) is 0 Å². The first-order valence-corrected chi connectivity index (χ1v) is 7.15. The van der Waals surface area contributed by atoms with Gasteiger partial charge in [-0.2, -0.15) is 18.4 Å². The maximum atomic E-state index is 12.7. The van der Waals surface area contributed by atoms with Crippen molar-refractivity contribution in [2.24, 2.45) is 0 Å². The Morgan fingerprint density at radius 2 is 2.00 bits per heavy atom. The molecule has 0 aliphatic carbocycles. The highest BCUT2D eigenvalue weighted by Gasteiger charge is 2.34. The topological polar surface area (TPSA) is 70.0 Å². The van der Waals surface area contributed by atoms with Gasteiger partial charge in [0.2, 0.25) is 10.0 Å². The summed E-state index contributed by atoms with van der Waals surface area (Å²) < 4.78 is 61.7. The van der Waals surface area contributed by atoms with Crippen LogP contribution in [0.3, 0.4) is 0 Å². The molecule has 1 rings (SSSR count). The van der Waals surface area contributed by atoms with Crippen LogP contribution in [0.4, 0.5) is 18.9 Å². The van der Waals surface area contributed by atoms with Crippen LogP contribution in [-0.4, -0.2) is 13.1 Å². The van der Waals surface area contributed by atoms with Gasteiger partial charge >= 0.3 is 6.18 Å². The van der Waals surface area contributed by atoms with Gasteiger partial charge in [0.15, 0.2) is 0 Å². The summed E-state index contributed by atoms with van der Waals surface area (Å²) in [5.41, 5.74) is -2.02. The van der Waals surface area contributed by atoms with Crippen molar-refractivity contribution in [3.8, 4) is 6.07 Å². The number of nitriles is 1. The summed E-state index contributed by atoms with van der Waals surface area (Å²) in [4.78, 5) is 0. The van der Waals surface area contributed by atoms with Gasteiger partial charge < -0.3 is 0 Å². The highest BCUT2D eigenvalue weighted by Crippen LogP contribution is 2.35. The van der Waals surface area contributed by atoms with Crippen LogP contribution in [-0.2, 0) is 16.2 Å². The Morgan fingerprint density at radius 1 is 1.39 bits per heavy atom. The predicted molar refractivity (Wildman–Crippen MR) is 62.5 cm³/mol. The molecule has 0 saturated carbocycles. The number of benzene rings is 1. The highest BCUT2D eigenvalue weighted by atomic mass is 79.9. The molecule has 0 radical (unpaired) electrons. The zero-order valence-corrected chi connectivity index (χ0v) is 11.0. The number of anilines is 1. The van der Waals surface area contributed by atoms with Crippen LogP contribution >= 0.6 is 15.9 Å². The molecule has 1 N–H and O–H groups in total. The van der Waals surface area contributed by atoms with Crippen molar-refractivity contribution in [2.75, 3.05) is 9.38 Å². The fourth-order valence-electron chi connectivity index (χ4n) is 1.13. The molecule has 0 amide bonds. The molecule has 0 unspecified atom stereocenters. The lowest BCUT2D eigenvalue weighted by Crippen LogP contribution is -2.17. The molecule has 0 heterocycles. The van der Waals surface area contributed by atoms with Crippen molar-refractivity contribution in [3.05, 3.63) is 29.3 Å². The van der Waals surface area contributed by atoms with E-state index >= 15 is 0 Å². The predicted octanol–water partition coefficient (Wildman–Crippen LogP) is 2.67. The molecule has 0 aliphatic heterocycles. The second kappa shape index (κ2) is 5.16. The highest BCUT2D eigenvalue weighted by molar-refractivity contribution is 9.10. The first-order valence-electron chi connectivity index (χ1n) is 4.37. The van der Waals surface area contributed by atoms with Crippen molar-refractivity contribution < 1.29 is 21.6 Å². The van der Waals surface area contributed by atoms with Gasteiger partial charge in [-0.1, -0.05) is 15.9 Å². The van der Waals surface area contributed by atoms with Crippen molar-refractivity contribution in [2.45, 2.75) is 6.18 Å². The van der Waals surface area contributed by atoms with Crippen LogP contribution in [0.5, 0.6) is 0 Å². The van der Waals surface area contributed by atoms with E-state index in [0.717, 1.165) is 12.1 Å². The molecule has 1 aromatic rings. The van der Waals surface area contributed by atoms with Gasteiger partial charge in [-0.15, -0.1) is 0 Å². The van der Waals surface area contributed by atoms with E-state index in [-0.39, 0.29) is 5.56 Å². The van der Waals surface area contributed by atoms with E-state index in [1.54, 1.807) is 10.8 Å². The zero-order valence-electron chi connectivity index (χ0n) is 8.62. The lowest BCUT2D eigenvalue weighted by Gasteiger charge is -2.14. The molecule has 0 saturated heterocycles. The third kappa shape index (κ3) is 3.61. The minimum atomic E-state index is -4.75. The van der Waals surface area contributed by atoms with E-state index in [9.17, 15) is 21.6 Å². The van der Waals surface area contributed by atoms with E-state index in [4.69, 9.17) is 5.26 Å². The van der Waals surface area contributed by atoms with Gasteiger partial charge in [-0.05, 0) is 18.2 Å². The van der Waals surface area contributed by atoms with Crippen LogP contribution in [0, 0.1) is 11.3 Å². The van der Waals surface area contributed by atoms with Crippen LogP contribution in [0.1, 0.15) is 11.1 Å². The van der Waals surface area contributed by atoms with Crippen molar-refractivity contribution in [3.63, 3.8) is 0 Å². The summed E-state index contributed by atoms with van der Waals surface area (Å²) in [6.07, 6.45) is -4.75. The lowest BCUT2D eigenvalue weighted by atomic mass is 10.1. The molecule has 18 heavy (non-hydrogen) atoms. The van der Waals surface area contributed by atoms with E-state index in [2.05, 4.69) is 15.9 Å². The van der Waals surface area contributed by atoms with Gasteiger partial charge in [-0.3, -0.25) is 4.72 Å². The molecule has 0 aromatic heterocycles. The van der Waals surface area contributed by atoms with Crippen LogP contribution in [0.2, 0.25) is 0 Å². The fourth-order valence-corrected chi connectivity index (χ4v) is 2.04. The standard InChI is InChI=1S/C9H6BrF3N2O2S/c10-5-18(16,17)15-8-2-1-6(4-14)3-7(8)9(11,12)13/h1-3,15H,5H2. The molecular formula is C9H6BrF3N2O2S. The summed E-state index contributed by atoms with van der Waals surface area (Å²) >= 11 is 2.65. The number of alkyl halides is 4. The van der Waals surface area contributed by atoms with Crippen molar-refractivity contribution in [1.29, 1.82) is 5.26 Å². The number of hydrogen-bond acceptors (Lipinski definition) is 3. The SMILES string of the molecule is N#Cc1ccc(NS(=O)(=O)CBr)c(C(F)(F)F)c1. The normalized spacial score (nSPS) is 11.9. The Kier molecular flexibility index (Phi) is 4.24. The molecule has 9 heteroatoms. The monoisotopic (exact) mass is 342 g/mol. The molecular weight excluding hydrogens is 337 g/mol. The number of hydrogen-bond donors (Lipinski definition) is 1. The number of halogens is 4. The third-order valence-electron chi connectivity index (χ3n) is 1.86. The second-order valence-electron chi connectivity index (χ2n) is 3.20. The Labute approximate surface area is 110 Å². The molecule has 1 aromatic carbocycles. The first kappa shape index (κ1) is 14.8. The molecule has 0 fully saturated rings. The van der Waals surface area contributed by atoms with Crippen molar-refractivity contribution >= 4 is 31.6 Å². The summed E-state index contributed by atoms with van der Waals surface area (Å²) in [6.45, 7) is 0. The average Bonchev–Trinajstić information content (AvgIpc) is 2.27. The quantitative estimate of drug-likeness (QED) is 0.858. The number of sulfonamides is 1. The zero-order chi connectivity index (χ0) is 14.0. The van der Waals surface area contributed by atoms with Crippen molar-refractivity contribution in [1.82, 2.24) is 0 Å².